The number of allylic oxidation sites excluding steroid dienone is 1. The number of hydrogen-bond donors (Lipinski definition) is 0. The molecule has 0 heterocycles. The Morgan fingerprint density at radius 3 is 2.87 bits per heavy atom. The number of ether oxygens (including phenoxy) is 1. The van der Waals surface area contributed by atoms with Crippen molar-refractivity contribution < 1.29 is 13.9 Å². The number of halogens is 1. The lowest BCUT2D eigenvalue weighted by Crippen LogP contribution is -2.00. The van der Waals surface area contributed by atoms with E-state index < -0.39 is 5.97 Å². The zero-order valence-corrected chi connectivity index (χ0v) is 8.79. The zero-order valence-electron chi connectivity index (χ0n) is 8.79. The normalized spacial score (nSPS) is 11.3. The van der Waals surface area contributed by atoms with Crippen LogP contribution in [-0.2, 0) is 9.53 Å². The molecule has 3 heteroatoms. The van der Waals surface area contributed by atoms with E-state index in [2.05, 4.69) is 0 Å². The van der Waals surface area contributed by atoms with Crippen LogP contribution in [0.5, 0.6) is 0 Å². The average molecular weight is 208 g/mol. The topological polar surface area (TPSA) is 26.3 Å². The molecule has 1 rings (SSSR count). The molecule has 0 bridgehead atoms. The highest BCUT2D eigenvalue weighted by Gasteiger charge is 2.01. The highest BCUT2D eigenvalue weighted by Crippen LogP contribution is 2.14. The molecular weight excluding hydrogens is 195 g/mol. The molecule has 0 radical (unpaired) electrons. The van der Waals surface area contributed by atoms with Crippen molar-refractivity contribution in [3.63, 3.8) is 0 Å². The Labute approximate surface area is 88.4 Å². The Hall–Kier alpha value is -1.64. The lowest BCUT2D eigenvalue weighted by Gasteiger charge is -2.01. The molecule has 0 N–H and O–H groups in total. The molecule has 0 aromatic heterocycles. The molecule has 80 valence electrons. The maximum Gasteiger partial charge on any atom is 0.331 e. The first kappa shape index (κ1) is 11.4. The van der Waals surface area contributed by atoms with E-state index in [0.717, 1.165) is 0 Å². The van der Waals surface area contributed by atoms with E-state index in [9.17, 15) is 9.18 Å². The van der Waals surface area contributed by atoms with Crippen molar-refractivity contribution in [2.45, 2.75) is 13.8 Å². The Kier molecular flexibility index (Phi) is 4.03. The number of esters is 1. The third-order valence-corrected chi connectivity index (χ3v) is 1.90. The standard InChI is InChI=1S/C12H13FO2/c1-3-15-12(14)7-9(2)10-5-4-6-11(13)8-10/h4-8H,3H2,1-2H3/b9-7-. The Bertz CT molecular complexity index is 383. The number of benzene rings is 1. The van der Waals surface area contributed by atoms with E-state index in [1.54, 1.807) is 26.0 Å². The summed E-state index contributed by atoms with van der Waals surface area (Å²) >= 11 is 0. The molecule has 0 aliphatic heterocycles. The lowest BCUT2D eigenvalue weighted by atomic mass is 10.1. The van der Waals surface area contributed by atoms with Gasteiger partial charge in [-0.15, -0.1) is 0 Å². The molecule has 0 atom stereocenters. The van der Waals surface area contributed by atoms with Gasteiger partial charge in [-0.25, -0.2) is 9.18 Å². The van der Waals surface area contributed by atoms with E-state index in [4.69, 9.17) is 4.74 Å². The van der Waals surface area contributed by atoms with Gasteiger partial charge >= 0.3 is 5.97 Å². The summed E-state index contributed by atoms with van der Waals surface area (Å²) in [6, 6.07) is 6.09. The van der Waals surface area contributed by atoms with Crippen LogP contribution in [0.2, 0.25) is 0 Å². The maximum atomic E-state index is 12.9. The van der Waals surface area contributed by atoms with Gasteiger partial charge in [0.05, 0.1) is 6.61 Å². The van der Waals surface area contributed by atoms with E-state index in [1.807, 2.05) is 0 Å². The minimum absolute atomic E-state index is 0.316. The molecule has 0 aliphatic rings. The van der Waals surface area contributed by atoms with Crippen LogP contribution >= 0.6 is 0 Å². The van der Waals surface area contributed by atoms with Gasteiger partial charge in [0.2, 0.25) is 0 Å². The molecule has 0 saturated carbocycles. The average Bonchev–Trinajstić information content (AvgIpc) is 2.18. The largest absolute Gasteiger partial charge is 0.463 e. The molecule has 1 aromatic rings. The van der Waals surface area contributed by atoms with Crippen molar-refractivity contribution in [1.82, 2.24) is 0 Å². The lowest BCUT2D eigenvalue weighted by molar-refractivity contribution is -0.137. The summed E-state index contributed by atoms with van der Waals surface area (Å²) in [7, 11) is 0. The smallest absolute Gasteiger partial charge is 0.331 e. The Balaban J connectivity index is 2.84. The minimum Gasteiger partial charge on any atom is -0.463 e. The monoisotopic (exact) mass is 208 g/mol. The van der Waals surface area contributed by atoms with Gasteiger partial charge in [0, 0.05) is 6.08 Å². The first-order valence-electron chi connectivity index (χ1n) is 4.74. The van der Waals surface area contributed by atoms with E-state index >= 15 is 0 Å². The highest BCUT2D eigenvalue weighted by molar-refractivity contribution is 5.90. The predicted octanol–water partition coefficient (Wildman–Crippen LogP) is 2.79. The summed E-state index contributed by atoms with van der Waals surface area (Å²) < 4.78 is 17.6. The molecule has 0 aliphatic carbocycles. The molecule has 15 heavy (non-hydrogen) atoms. The van der Waals surface area contributed by atoms with E-state index in [-0.39, 0.29) is 5.82 Å². The number of hydrogen-bond acceptors (Lipinski definition) is 2. The van der Waals surface area contributed by atoms with Crippen LogP contribution in [0.25, 0.3) is 5.57 Å². The van der Waals surface area contributed by atoms with Crippen molar-refractivity contribution in [2.75, 3.05) is 6.61 Å². The van der Waals surface area contributed by atoms with Gasteiger partial charge in [0.25, 0.3) is 0 Å². The van der Waals surface area contributed by atoms with Crippen LogP contribution in [0.3, 0.4) is 0 Å². The van der Waals surface area contributed by atoms with Crippen molar-refractivity contribution in [3.8, 4) is 0 Å². The Morgan fingerprint density at radius 2 is 2.27 bits per heavy atom. The number of rotatable bonds is 3. The fourth-order valence-electron chi connectivity index (χ4n) is 1.18. The van der Waals surface area contributed by atoms with E-state index in [0.29, 0.717) is 17.7 Å². The summed E-state index contributed by atoms with van der Waals surface area (Å²) in [6.45, 7) is 3.82. The van der Waals surface area contributed by atoms with Crippen LogP contribution in [0, 0.1) is 5.82 Å². The summed E-state index contributed by atoms with van der Waals surface area (Å²) in [6.07, 6.45) is 1.36. The predicted molar refractivity (Wildman–Crippen MR) is 56.7 cm³/mol. The second kappa shape index (κ2) is 5.29. The van der Waals surface area contributed by atoms with Gasteiger partial charge in [-0.1, -0.05) is 12.1 Å². The van der Waals surface area contributed by atoms with Gasteiger partial charge < -0.3 is 4.74 Å². The summed E-state index contributed by atoms with van der Waals surface area (Å²) in [5.74, 6) is -0.719. The van der Waals surface area contributed by atoms with Crippen LogP contribution in [-0.4, -0.2) is 12.6 Å². The van der Waals surface area contributed by atoms with Crippen LogP contribution in [0.15, 0.2) is 30.3 Å². The van der Waals surface area contributed by atoms with Crippen molar-refractivity contribution in [3.05, 3.63) is 41.7 Å². The summed E-state index contributed by atoms with van der Waals surface area (Å²) in [4.78, 5) is 11.1. The molecule has 0 fully saturated rings. The second-order valence-electron chi connectivity index (χ2n) is 3.09. The summed E-state index contributed by atoms with van der Waals surface area (Å²) in [5.41, 5.74) is 1.37. The Morgan fingerprint density at radius 1 is 1.53 bits per heavy atom. The molecule has 0 unspecified atom stereocenters. The van der Waals surface area contributed by atoms with Gasteiger partial charge in [-0.2, -0.15) is 0 Å². The van der Waals surface area contributed by atoms with Crippen molar-refractivity contribution in [1.29, 1.82) is 0 Å². The molecule has 0 saturated heterocycles. The van der Waals surface area contributed by atoms with Gasteiger partial charge in [0.1, 0.15) is 5.82 Å². The van der Waals surface area contributed by atoms with Crippen molar-refractivity contribution >= 4 is 11.5 Å². The van der Waals surface area contributed by atoms with Gasteiger partial charge in [-0.3, -0.25) is 0 Å². The molecule has 0 spiro atoms. The fourth-order valence-corrected chi connectivity index (χ4v) is 1.18. The molecule has 2 nitrogen and oxygen atoms in total. The third kappa shape index (κ3) is 3.54. The number of carbonyl (C=O) groups excluding carboxylic acids is 1. The summed E-state index contributed by atoms with van der Waals surface area (Å²) in [5, 5.41) is 0. The SMILES string of the molecule is CCOC(=O)/C=C(/C)c1cccc(F)c1. The van der Waals surface area contributed by atoms with Crippen LogP contribution < -0.4 is 0 Å². The first-order chi connectivity index (χ1) is 7.13. The van der Waals surface area contributed by atoms with Crippen LogP contribution in [0.4, 0.5) is 4.39 Å². The first-order valence-corrected chi connectivity index (χ1v) is 4.74. The van der Waals surface area contributed by atoms with E-state index in [1.165, 1.54) is 18.2 Å². The molecular formula is C12H13FO2. The zero-order chi connectivity index (χ0) is 11.3. The maximum absolute atomic E-state index is 12.9. The second-order valence-corrected chi connectivity index (χ2v) is 3.09. The minimum atomic E-state index is -0.403. The molecule has 0 amide bonds. The fraction of sp³-hybridized carbons (Fsp3) is 0.250. The van der Waals surface area contributed by atoms with Crippen molar-refractivity contribution in [2.24, 2.45) is 0 Å². The van der Waals surface area contributed by atoms with Crippen LogP contribution in [0.1, 0.15) is 19.4 Å². The molecule has 1 aromatic carbocycles. The third-order valence-electron chi connectivity index (χ3n) is 1.90. The van der Waals surface area contributed by atoms with Gasteiger partial charge in [0.15, 0.2) is 0 Å². The quantitative estimate of drug-likeness (QED) is 0.564. The highest BCUT2D eigenvalue weighted by atomic mass is 19.1. The number of carbonyl (C=O) groups is 1. The van der Waals surface area contributed by atoms with Gasteiger partial charge in [-0.05, 0) is 37.1 Å².